The maximum Gasteiger partial charge on any atom is 0.328 e. The number of carbonyl (C=O) groups excluding carboxylic acids is 2. The topological polar surface area (TPSA) is 55.8 Å². The SMILES string of the molecule is COCC(=O)N(c1ccc(C)cc1)C(C)C(=O)OC. The molecule has 0 aliphatic rings. The molecule has 1 rings (SSSR count). The van der Waals surface area contributed by atoms with Crippen molar-refractivity contribution in [3.63, 3.8) is 0 Å². The molecule has 104 valence electrons. The summed E-state index contributed by atoms with van der Waals surface area (Å²) < 4.78 is 9.54. The van der Waals surface area contributed by atoms with E-state index in [9.17, 15) is 9.59 Å². The summed E-state index contributed by atoms with van der Waals surface area (Å²) in [4.78, 5) is 25.1. The second-order valence-electron chi connectivity index (χ2n) is 4.23. The maximum absolute atomic E-state index is 12.1. The summed E-state index contributed by atoms with van der Waals surface area (Å²) in [6.45, 7) is 3.49. The Labute approximate surface area is 113 Å². The highest BCUT2D eigenvalue weighted by molar-refractivity contribution is 5.99. The molecular weight excluding hydrogens is 246 g/mol. The third-order valence-electron chi connectivity index (χ3n) is 2.78. The van der Waals surface area contributed by atoms with Crippen molar-refractivity contribution in [1.82, 2.24) is 0 Å². The zero-order chi connectivity index (χ0) is 14.4. The third kappa shape index (κ3) is 3.79. The first-order chi connectivity index (χ1) is 9.01. The Morgan fingerprint density at radius 3 is 2.26 bits per heavy atom. The van der Waals surface area contributed by atoms with E-state index in [-0.39, 0.29) is 12.5 Å². The van der Waals surface area contributed by atoms with Crippen molar-refractivity contribution >= 4 is 17.6 Å². The first-order valence-corrected chi connectivity index (χ1v) is 5.96. The van der Waals surface area contributed by atoms with Crippen LogP contribution in [0.2, 0.25) is 0 Å². The van der Waals surface area contributed by atoms with Crippen LogP contribution in [0.4, 0.5) is 5.69 Å². The van der Waals surface area contributed by atoms with Crippen molar-refractivity contribution in [3.8, 4) is 0 Å². The molecule has 0 saturated heterocycles. The molecule has 5 heteroatoms. The summed E-state index contributed by atoms with van der Waals surface area (Å²) in [6.07, 6.45) is 0. The van der Waals surface area contributed by atoms with Crippen LogP contribution in [0, 0.1) is 6.92 Å². The van der Waals surface area contributed by atoms with Gasteiger partial charge in [0.25, 0.3) is 5.91 Å². The Kier molecular flexibility index (Phi) is 5.51. The number of hydrogen-bond donors (Lipinski definition) is 0. The molecule has 1 atom stereocenters. The first-order valence-electron chi connectivity index (χ1n) is 5.96. The number of carbonyl (C=O) groups is 2. The highest BCUT2D eigenvalue weighted by atomic mass is 16.5. The zero-order valence-corrected chi connectivity index (χ0v) is 11.7. The number of anilines is 1. The lowest BCUT2D eigenvalue weighted by molar-refractivity contribution is -0.143. The lowest BCUT2D eigenvalue weighted by atomic mass is 10.1. The van der Waals surface area contributed by atoms with Gasteiger partial charge in [-0.05, 0) is 26.0 Å². The molecule has 1 aromatic carbocycles. The Bertz CT molecular complexity index is 441. The van der Waals surface area contributed by atoms with Gasteiger partial charge in [-0.25, -0.2) is 4.79 Å². The average molecular weight is 265 g/mol. The van der Waals surface area contributed by atoms with Gasteiger partial charge >= 0.3 is 5.97 Å². The van der Waals surface area contributed by atoms with Crippen molar-refractivity contribution in [3.05, 3.63) is 29.8 Å². The molecule has 0 aliphatic carbocycles. The molecule has 0 aromatic heterocycles. The molecule has 0 spiro atoms. The van der Waals surface area contributed by atoms with Gasteiger partial charge in [-0.1, -0.05) is 17.7 Å². The van der Waals surface area contributed by atoms with Gasteiger partial charge in [0.1, 0.15) is 12.6 Å². The number of aryl methyl sites for hydroxylation is 1. The fourth-order valence-corrected chi connectivity index (χ4v) is 1.76. The predicted molar refractivity (Wildman–Crippen MR) is 72.0 cm³/mol. The molecule has 5 nitrogen and oxygen atoms in total. The van der Waals surface area contributed by atoms with E-state index in [0.29, 0.717) is 5.69 Å². The molecule has 1 amide bonds. The van der Waals surface area contributed by atoms with Gasteiger partial charge in [0.15, 0.2) is 0 Å². The first kappa shape index (κ1) is 15.2. The van der Waals surface area contributed by atoms with E-state index in [2.05, 4.69) is 0 Å². The van der Waals surface area contributed by atoms with Crippen LogP contribution in [-0.4, -0.2) is 38.7 Å². The number of ether oxygens (including phenoxy) is 2. The zero-order valence-electron chi connectivity index (χ0n) is 11.7. The van der Waals surface area contributed by atoms with E-state index in [1.54, 1.807) is 19.1 Å². The predicted octanol–water partition coefficient (Wildman–Crippen LogP) is 1.54. The van der Waals surface area contributed by atoms with Gasteiger partial charge in [-0.15, -0.1) is 0 Å². The van der Waals surface area contributed by atoms with Gasteiger partial charge in [0.05, 0.1) is 7.11 Å². The van der Waals surface area contributed by atoms with Gasteiger partial charge in [-0.2, -0.15) is 0 Å². The van der Waals surface area contributed by atoms with Crippen LogP contribution in [0.1, 0.15) is 12.5 Å². The normalized spacial score (nSPS) is 11.8. The van der Waals surface area contributed by atoms with Crippen LogP contribution in [0.5, 0.6) is 0 Å². The minimum absolute atomic E-state index is 0.0881. The molecule has 19 heavy (non-hydrogen) atoms. The molecule has 0 radical (unpaired) electrons. The summed E-state index contributed by atoms with van der Waals surface area (Å²) in [6, 6.07) is 6.65. The number of amides is 1. The third-order valence-corrected chi connectivity index (χ3v) is 2.78. The number of rotatable bonds is 5. The molecule has 0 bridgehead atoms. The summed E-state index contributed by atoms with van der Waals surface area (Å²) in [5.41, 5.74) is 1.72. The standard InChI is InChI=1S/C14H19NO4/c1-10-5-7-12(8-6-10)15(13(16)9-18-3)11(2)14(17)19-4/h5-8,11H,9H2,1-4H3. The fourth-order valence-electron chi connectivity index (χ4n) is 1.76. The summed E-state index contributed by atoms with van der Waals surface area (Å²) >= 11 is 0. The molecule has 0 saturated carbocycles. The number of hydrogen-bond acceptors (Lipinski definition) is 4. The van der Waals surface area contributed by atoms with Crippen molar-refractivity contribution in [1.29, 1.82) is 0 Å². The second kappa shape index (κ2) is 6.89. The van der Waals surface area contributed by atoms with Gasteiger partial charge in [0, 0.05) is 12.8 Å². The summed E-state index contributed by atoms with van der Waals surface area (Å²) in [5, 5.41) is 0. The fraction of sp³-hybridized carbons (Fsp3) is 0.429. The van der Waals surface area contributed by atoms with Crippen LogP contribution >= 0.6 is 0 Å². The number of nitrogens with zero attached hydrogens (tertiary/aromatic N) is 1. The van der Waals surface area contributed by atoms with E-state index >= 15 is 0 Å². The summed E-state index contributed by atoms with van der Waals surface area (Å²) in [5.74, 6) is -0.755. The molecule has 0 N–H and O–H groups in total. The molecule has 0 aliphatic heterocycles. The molecular formula is C14H19NO4. The van der Waals surface area contributed by atoms with Crippen molar-refractivity contribution in [2.24, 2.45) is 0 Å². The monoisotopic (exact) mass is 265 g/mol. The lowest BCUT2D eigenvalue weighted by Crippen LogP contribution is -2.45. The van der Waals surface area contributed by atoms with Crippen LogP contribution in [0.15, 0.2) is 24.3 Å². The van der Waals surface area contributed by atoms with E-state index in [0.717, 1.165) is 5.56 Å². The Morgan fingerprint density at radius 1 is 1.21 bits per heavy atom. The molecule has 0 fully saturated rings. The average Bonchev–Trinajstić information content (AvgIpc) is 2.40. The number of methoxy groups -OCH3 is 2. The molecule has 1 unspecified atom stereocenters. The minimum atomic E-state index is -0.699. The summed E-state index contributed by atoms with van der Waals surface area (Å²) in [7, 11) is 2.74. The Balaban J connectivity index is 3.08. The second-order valence-corrected chi connectivity index (χ2v) is 4.23. The van der Waals surface area contributed by atoms with Crippen molar-refractivity contribution < 1.29 is 19.1 Å². The minimum Gasteiger partial charge on any atom is -0.467 e. The maximum atomic E-state index is 12.1. The van der Waals surface area contributed by atoms with Crippen molar-refractivity contribution in [2.75, 3.05) is 25.7 Å². The van der Waals surface area contributed by atoms with E-state index in [4.69, 9.17) is 9.47 Å². The van der Waals surface area contributed by atoms with Crippen LogP contribution < -0.4 is 4.90 Å². The lowest BCUT2D eigenvalue weighted by Gasteiger charge is -2.27. The van der Waals surface area contributed by atoms with Gasteiger partial charge < -0.3 is 9.47 Å². The highest BCUT2D eigenvalue weighted by Gasteiger charge is 2.27. The van der Waals surface area contributed by atoms with Crippen LogP contribution in [0.25, 0.3) is 0 Å². The molecule has 1 aromatic rings. The van der Waals surface area contributed by atoms with E-state index in [1.807, 2.05) is 19.1 Å². The molecule has 0 heterocycles. The van der Waals surface area contributed by atoms with Crippen molar-refractivity contribution in [2.45, 2.75) is 19.9 Å². The quantitative estimate of drug-likeness (QED) is 0.758. The van der Waals surface area contributed by atoms with Crippen LogP contribution in [-0.2, 0) is 19.1 Å². The smallest absolute Gasteiger partial charge is 0.328 e. The Hall–Kier alpha value is -1.88. The largest absolute Gasteiger partial charge is 0.467 e. The van der Waals surface area contributed by atoms with Crippen LogP contribution in [0.3, 0.4) is 0 Å². The van der Waals surface area contributed by atoms with Gasteiger partial charge in [-0.3, -0.25) is 9.69 Å². The van der Waals surface area contributed by atoms with E-state index < -0.39 is 12.0 Å². The Morgan fingerprint density at radius 2 is 1.79 bits per heavy atom. The number of esters is 1. The van der Waals surface area contributed by atoms with E-state index in [1.165, 1.54) is 19.1 Å². The number of benzene rings is 1. The van der Waals surface area contributed by atoms with Gasteiger partial charge in [0.2, 0.25) is 0 Å². The highest BCUT2D eigenvalue weighted by Crippen LogP contribution is 2.19.